The summed E-state index contributed by atoms with van der Waals surface area (Å²) in [5.41, 5.74) is 2.33. The topological polar surface area (TPSA) is 146 Å². The molecular formula is C43H55ClN4O6. The minimum atomic E-state index is -2.54. The molecule has 4 N–H and O–H groups in total. The fourth-order valence-electron chi connectivity index (χ4n) is 6.55. The van der Waals surface area contributed by atoms with E-state index in [-0.39, 0.29) is 24.3 Å². The predicted molar refractivity (Wildman–Crippen MR) is 214 cm³/mol. The number of halogens is 1. The molecule has 0 aliphatic heterocycles. The summed E-state index contributed by atoms with van der Waals surface area (Å²) in [7, 11) is 0. The van der Waals surface area contributed by atoms with Crippen molar-refractivity contribution in [2.45, 2.75) is 116 Å². The van der Waals surface area contributed by atoms with E-state index in [1.807, 2.05) is 77.9 Å². The number of alkyl halides is 1. The van der Waals surface area contributed by atoms with Crippen molar-refractivity contribution in [3.05, 3.63) is 112 Å². The van der Waals surface area contributed by atoms with Crippen molar-refractivity contribution in [2.24, 2.45) is 11.1 Å². The molecule has 11 heteroatoms. The molecule has 2 atom stereocenters. The Morgan fingerprint density at radius 2 is 1.33 bits per heavy atom. The fourth-order valence-corrected chi connectivity index (χ4v) is 6.63. The number of ether oxygens (including phenoxy) is 1. The number of aromatic hydroxyl groups is 1. The highest BCUT2D eigenvalue weighted by molar-refractivity contribution is 6.33. The smallest absolute Gasteiger partial charge is 0.333 e. The van der Waals surface area contributed by atoms with Gasteiger partial charge in [0.15, 0.2) is 5.78 Å². The van der Waals surface area contributed by atoms with Crippen molar-refractivity contribution < 1.29 is 24.2 Å². The molecule has 54 heavy (non-hydrogen) atoms. The van der Waals surface area contributed by atoms with Gasteiger partial charge in [-0.05, 0) is 53.0 Å². The average molecular weight is 759 g/mol. The van der Waals surface area contributed by atoms with Crippen LogP contribution in [0.3, 0.4) is 0 Å². The van der Waals surface area contributed by atoms with Crippen molar-refractivity contribution in [1.82, 2.24) is 9.13 Å². The molecule has 0 radical (unpaired) electrons. The Bertz CT molecular complexity index is 2060. The van der Waals surface area contributed by atoms with Gasteiger partial charge in [0.05, 0.1) is 12.7 Å². The van der Waals surface area contributed by atoms with Gasteiger partial charge in [-0.15, -0.1) is 0 Å². The number of imidazole rings is 1. The number of amides is 2. The second kappa shape index (κ2) is 15.5. The number of Topliss-reactive ketones (excluding diaryl/α,β-unsaturated/α-hetero) is 1. The van der Waals surface area contributed by atoms with Gasteiger partial charge in [0.1, 0.15) is 5.75 Å². The summed E-state index contributed by atoms with van der Waals surface area (Å²) in [6.07, 6.45) is 2.42. The van der Waals surface area contributed by atoms with Gasteiger partial charge >= 0.3 is 5.69 Å². The number of rotatable bonds is 15. The minimum absolute atomic E-state index is 0.00341. The molecule has 0 saturated heterocycles. The molecule has 0 saturated carbocycles. The third-order valence-electron chi connectivity index (χ3n) is 10.7. The van der Waals surface area contributed by atoms with Crippen LogP contribution in [-0.2, 0) is 37.3 Å². The standard InChI is InChI=1S/C43H55ClN4O6/c1-11-40(7,8)30-24-32(41(9,10)12-2)33(54-42(44,13-3)36(45)51)25-31(30)43(35(50)39(4,5)6,37(52)46-29-22-18-15-19-23-29)48-34(49)27-47(38(48)53)26-28-20-16-14-17-21-28/h14-25,27,49H,11-13,26H2,1-10H3,(H2,45,51)(H,46,52). The maximum Gasteiger partial charge on any atom is 0.333 e. The lowest BCUT2D eigenvalue weighted by molar-refractivity contribution is -0.141. The van der Waals surface area contributed by atoms with E-state index < -0.39 is 56.0 Å². The van der Waals surface area contributed by atoms with E-state index in [1.54, 1.807) is 64.1 Å². The summed E-state index contributed by atoms with van der Waals surface area (Å²) in [4.78, 5) is 58.8. The fraction of sp³-hybridized carbons (Fsp3) is 0.442. The molecule has 0 fully saturated rings. The first-order valence-corrected chi connectivity index (χ1v) is 18.8. The van der Waals surface area contributed by atoms with Gasteiger partial charge in [0.25, 0.3) is 16.9 Å². The van der Waals surface area contributed by atoms with Gasteiger partial charge < -0.3 is 20.9 Å². The molecule has 0 bridgehead atoms. The Hall–Kier alpha value is -4.83. The number of carbonyl (C=O) groups is 3. The largest absolute Gasteiger partial charge is 0.493 e. The Morgan fingerprint density at radius 3 is 1.83 bits per heavy atom. The summed E-state index contributed by atoms with van der Waals surface area (Å²) >= 11 is 6.79. The van der Waals surface area contributed by atoms with Crippen molar-refractivity contribution in [1.29, 1.82) is 0 Å². The molecule has 2 amide bonds. The monoisotopic (exact) mass is 758 g/mol. The van der Waals surface area contributed by atoms with E-state index in [1.165, 1.54) is 10.8 Å². The lowest BCUT2D eigenvalue weighted by Gasteiger charge is -2.42. The molecule has 0 spiro atoms. The van der Waals surface area contributed by atoms with Gasteiger partial charge in [-0.3, -0.25) is 19.0 Å². The number of anilines is 1. The Labute approximate surface area is 323 Å². The van der Waals surface area contributed by atoms with E-state index in [2.05, 4.69) is 5.32 Å². The highest BCUT2D eigenvalue weighted by Crippen LogP contribution is 2.48. The van der Waals surface area contributed by atoms with Gasteiger partial charge in [-0.1, -0.05) is 135 Å². The van der Waals surface area contributed by atoms with Crippen LogP contribution in [0, 0.1) is 5.41 Å². The number of hydrogen-bond acceptors (Lipinski definition) is 6. The van der Waals surface area contributed by atoms with Crippen molar-refractivity contribution in [2.75, 3.05) is 5.32 Å². The van der Waals surface area contributed by atoms with E-state index in [9.17, 15) is 14.7 Å². The summed E-state index contributed by atoms with van der Waals surface area (Å²) in [6, 6.07) is 21.2. The SMILES string of the molecule is CCC(Cl)(Oc1cc(C(C(=O)Nc2ccccc2)(C(=O)C(C)(C)C)n2c(O)cn(Cc3ccccc3)c2=O)c(C(C)(C)CC)cc1C(C)(C)CC)C(N)=O. The van der Waals surface area contributed by atoms with Crippen LogP contribution in [0.2, 0.25) is 0 Å². The highest BCUT2D eigenvalue weighted by atomic mass is 35.5. The number of nitrogens with zero attached hydrogens (tertiary/aromatic N) is 2. The summed E-state index contributed by atoms with van der Waals surface area (Å²) in [5, 5.41) is 12.9. The molecule has 10 nitrogen and oxygen atoms in total. The first kappa shape index (κ1) is 41.9. The minimum Gasteiger partial charge on any atom is -0.493 e. The number of hydrogen-bond donors (Lipinski definition) is 3. The zero-order valence-electron chi connectivity index (χ0n) is 33.2. The molecule has 3 aromatic carbocycles. The molecule has 4 aromatic rings. The molecule has 0 aliphatic rings. The van der Waals surface area contributed by atoms with Crippen molar-refractivity contribution >= 4 is 34.9 Å². The summed E-state index contributed by atoms with van der Waals surface area (Å²) < 4.78 is 8.57. The van der Waals surface area contributed by atoms with Gasteiger partial charge in [0, 0.05) is 28.7 Å². The third kappa shape index (κ3) is 7.85. The number of primary amides is 1. The predicted octanol–water partition coefficient (Wildman–Crippen LogP) is 7.99. The molecule has 2 unspecified atom stereocenters. The number of ketones is 1. The van der Waals surface area contributed by atoms with Crippen molar-refractivity contribution in [3.63, 3.8) is 0 Å². The Morgan fingerprint density at radius 1 is 0.796 bits per heavy atom. The second-order valence-electron chi connectivity index (χ2n) is 16.2. The molecular weight excluding hydrogens is 704 g/mol. The van der Waals surface area contributed by atoms with E-state index in [0.717, 1.165) is 10.1 Å². The van der Waals surface area contributed by atoms with E-state index in [4.69, 9.17) is 22.1 Å². The zero-order valence-corrected chi connectivity index (χ0v) is 33.9. The van der Waals surface area contributed by atoms with Crippen molar-refractivity contribution in [3.8, 4) is 11.6 Å². The summed E-state index contributed by atoms with van der Waals surface area (Å²) in [5.74, 6) is -2.97. The van der Waals surface area contributed by atoms with Crippen LogP contribution in [0.4, 0.5) is 5.69 Å². The summed E-state index contributed by atoms with van der Waals surface area (Å²) in [6.45, 7) is 18.7. The quantitative estimate of drug-likeness (QED) is 0.0828. The van der Waals surface area contributed by atoms with Crippen LogP contribution in [0.25, 0.3) is 0 Å². The van der Waals surface area contributed by atoms with Crippen LogP contribution >= 0.6 is 11.6 Å². The first-order chi connectivity index (χ1) is 25.1. The molecule has 290 valence electrons. The molecule has 4 rings (SSSR count). The van der Waals surface area contributed by atoms with Crippen LogP contribution in [0.1, 0.15) is 111 Å². The molecule has 1 heterocycles. The normalized spacial score (nSPS) is 14.5. The van der Waals surface area contributed by atoms with E-state index in [0.29, 0.717) is 29.7 Å². The lowest BCUT2D eigenvalue weighted by atomic mass is 9.66. The van der Waals surface area contributed by atoms with Crippen LogP contribution in [-0.4, -0.2) is 36.9 Å². The third-order valence-corrected chi connectivity index (χ3v) is 11.2. The van der Waals surface area contributed by atoms with E-state index >= 15 is 9.59 Å². The Kier molecular flexibility index (Phi) is 12.0. The van der Waals surface area contributed by atoms with Gasteiger partial charge in [-0.25, -0.2) is 9.36 Å². The Balaban J connectivity index is 2.33. The van der Waals surface area contributed by atoms with Crippen LogP contribution in [0.15, 0.2) is 83.8 Å². The number of para-hydroxylation sites is 1. The number of benzene rings is 3. The zero-order chi connectivity index (χ0) is 40.4. The number of nitrogens with one attached hydrogen (secondary N) is 1. The average Bonchev–Trinajstić information content (AvgIpc) is 3.40. The van der Waals surface area contributed by atoms with Crippen LogP contribution in [0.5, 0.6) is 11.6 Å². The lowest BCUT2D eigenvalue weighted by Crippen LogP contribution is -2.60. The highest BCUT2D eigenvalue weighted by Gasteiger charge is 2.57. The number of carbonyl (C=O) groups excluding carboxylic acids is 3. The maximum atomic E-state index is 15.6. The van der Waals surface area contributed by atoms with Gasteiger partial charge in [0.2, 0.25) is 11.4 Å². The first-order valence-electron chi connectivity index (χ1n) is 18.4. The van der Waals surface area contributed by atoms with Gasteiger partial charge in [-0.2, -0.15) is 0 Å². The molecule has 1 aromatic heterocycles. The number of nitrogens with two attached hydrogens (primary N) is 1. The number of aromatic nitrogens is 2. The molecule has 0 aliphatic carbocycles. The van der Waals surface area contributed by atoms with Crippen LogP contribution < -0.4 is 21.5 Å². The maximum absolute atomic E-state index is 15.6. The second-order valence-corrected chi connectivity index (χ2v) is 16.9.